The van der Waals surface area contributed by atoms with Crippen LogP contribution in [0, 0.1) is 0 Å². The molecule has 3 fully saturated rings. The highest BCUT2D eigenvalue weighted by molar-refractivity contribution is 7.91. The van der Waals surface area contributed by atoms with Gasteiger partial charge in [-0.2, -0.15) is 0 Å². The molecule has 0 bridgehead atoms. The number of nitrogens with one attached hydrogen (secondary N) is 2. The van der Waals surface area contributed by atoms with E-state index < -0.39 is 9.84 Å². The number of anilines is 1. The van der Waals surface area contributed by atoms with Crippen LogP contribution in [0.3, 0.4) is 0 Å². The van der Waals surface area contributed by atoms with E-state index in [9.17, 15) is 18.0 Å². The lowest BCUT2D eigenvalue weighted by Gasteiger charge is -2.39. The predicted octanol–water partition coefficient (Wildman–Crippen LogP) is 2.62. The molecule has 1 saturated carbocycles. The van der Waals surface area contributed by atoms with E-state index in [2.05, 4.69) is 15.5 Å². The van der Waals surface area contributed by atoms with Crippen molar-refractivity contribution in [2.75, 3.05) is 36.5 Å². The number of urea groups is 1. The number of likely N-dealkylation sites (tertiary alicyclic amines) is 1. The Morgan fingerprint density at radius 2 is 1.70 bits per heavy atom. The molecule has 0 radical (unpaired) electrons. The number of piperidine rings is 1. The average Bonchev–Trinajstić information content (AvgIpc) is 3.44. The molecule has 4 rings (SSSR count). The Balaban J connectivity index is 1.36. The summed E-state index contributed by atoms with van der Waals surface area (Å²) in [5.41, 5.74) is 0.740. The summed E-state index contributed by atoms with van der Waals surface area (Å²) in [4.78, 5) is 29.9. The largest absolute Gasteiger partial charge is 0.336 e. The molecule has 2 N–H and O–H groups in total. The molecule has 3 amide bonds. The van der Waals surface area contributed by atoms with E-state index in [1.54, 1.807) is 0 Å². The van der Waals surface area contributed by atoms with Crippen molar-refractivity contribution in [3.05, 3.63) is 30.3 Å². The van der Waals surface area contributed by atoms with Crippen LogP contribution in [0.1, 0.15) is 51.4 Å². The molecule has 182 valence electrons. The second-order valence-corrected chi connectivity index (χ2v) is 11.8. The van der Waals surface area contributed by atoms with Gasteiger partial charge >= 0.3 is 6.03 Å². The van der Waals surface area contributed by atoms with Crippen LogP contribution in [0.5, 0.6) is 0 Å². The summed E-state index contributed by atoms with van der Waals surface area (Å²) in [6, 6.07) is 9.14. The van der Waals surface area contributed by atoms with E-state index in [4.69, 9.17) is 0 Å². The fourth-order valence-corrected chi connectivity index (χ4v) is 7.26. The topological polar surface area (TPSA) is 98.8 Å². The second kappa shape index (κ2) is 10.9. The Kier molecular flexibility index (Phi) is 7.90. The fourth-order valence-electron chi connectivity index (χ4n) is 5.54. The van der Waals surface area contributed by atoms with E-state index in [1.165, 1.54) is 0 Å². The Morgan fingerprint density at radius 3 is 2.39 bits per heavy atom. The number of rotatable bonds is 7. The highest BCUT2D eigenvalue weighted by Gasteiger charge is 2.40. The Bertz CT molecular complexity index is 918. The summed E-state index contributed by atoms with van der Waals surface area (Å²) in [6.07, 6.45) is 7.71. The van der Waals surface area contributed by atoms with Crippen molar-refractivity contribution in [1.82, 2.24) is 15.1 Å². The van der Waals surface area contributed by atoms with E-state index in [-0.39, 0.29) is 41.6 Å². The van der Waals surface area contributed by atoms with Crippen LogP contribution in [0.2, 0.25) is 0 Å². The molecular formula is C24H36N4O4S. The lowest BCUT2D eigenvalue weighted by Crippen LogP contribution is -2.54. The van der Waals surface area contributed by atoms with Crippen molar-refractivity contribution in [2.24, 2.45) is 0 Å². The molecule has 9 heteroatoms. The third-order valence-electron chi connectivity index (χ3n) is 7.23. The molecule has 2 heterocycles. The van der Waals surface area contributed by atoms with Gasteiger partial charge in [0.15, 0.2) is 9.84 Å². The number of sulfone groups is 1. The molecule has 2 saturated heterocycles. The first-order chi connectivity index (χ1) is 15.9. The second-order valence-electron chi connectivity index (χ2n) is 9.62. The number of benzene rings is 1. The molecule has 2 unspecified atom stereocenters. The summed E-state index contributed by atoms with van der Waals surface area (Å²) in [5.74, 6) is 0.325. The lowest BCUT2D eigenvalue weighted by molar-refractivity contribution is -0.137. The van der Waals surface area contributed by atoms with Gasteiger partial charge in [0, 0.05) is 30.4 Å². The smallest absolute Gasteiger partial charge is 0.319 e. The molecule has 2 aliphatic heterocycles. The van der Waals surface area contributed by atoms with Crippen LogP contribution in [0.25, 0.3) is 0 Å². The SMILES string of the molecule is O=C(NCC1CCCCN1CC(=O)N(C1CCCC1)C1CCS(=O)(=O)C1)Nc1ccccc1. The number of hydrogen-bond acceptors (Lipinski definition) is 5. The van der Waals surface area contributed by atoms with Crippen LogP contribution >= 0.6 is 0 Å². The number of hydrogen-bond donors (Lipinski definition) is 2. The monoisotopic (exact) mass is 476 g/mol. The Morgan fingerprint density at radius 1 is 0.970 bits per heavy atom. The highest BCUT2D eigenvalue weighted by Crippen LogP contribution is 2.30. The Labute approximate surface area is 197 Å². The number of carbonyl (C=O) groups excluding carboxylic acids is 2. The first-order valence-corrected chi connectivity index (χ1v) is 14.1. The van der Waals surface area contributed by atoms with Gasteiger partial charge in [-0.25, -0.2) is 13.2 Å². The molecule has 1 aromatic carbocycles. The summed E-state index contributed by atoms with van der Waals surface area (Å²) in [7, 11) is -3.05. The third kappa shape index (κ3) is 6.47. The van der Waals surface area contributed by atoms with Crippen molar-refractivity contribution in [2.45, 2.75) is 69.5 Å². The zero-order valence-electron chi connectivity index (χ0n) is 19.2. The number of amides is 3. The molecule has 3 aliphatic rings. The maximum absolute atomic E-state index is 13.5. The van der Waals surface area contributed by atoms with Crippen molar-refractivity contribution >= 4 is 27.5 Å². The van der Waals surface area contributed by atoms with Crippen LogP contribution in [-0.2, 0) is 14.6 Å². The van der Waals surface area contributed by atoms with Crippen molar-refractivity contribution in [3.8, 4) is 0 Å². The number of nitrogens with zero attached hydrogens (tertiary/aromatic N) is 2. The molecule has 1 aromatic rings. The minimum atomic E-state index is -3.05. The van der Waals surface area contributed by atoms with Crippen molar-refractivity contribution in [3.63, 3.8) is 0 Å². The van der Waals surface area contributed by atoms with Crippen LogP contribution < -0.4 is 10.6 Å². The first-order valence-electron chi connectivity index (χ1n) is 12.3. The van der Waals surface area contributed by atoms with E-state index >= 15 is 0 Å². The maximum Gasteiger partial charge on any atom is 0.319 e. The summed E-state index contributed by atoms with van der Waals surface area (Å²) >= 11 is 0. The van der Waals surface area contributed by atoms with Gasteiger partial charge < -0.3 is 15.5 Å². The summed E-state index contributed by atoms with van der Waals surface area (Å²) in [6.45, 7) is 1.59. The normalized spacial score (nSPS) is 25.6. The molecule has 0 spiro atoms. The van der Waals surface area contributed by atoms with Gasteiger partial charge in [-0.1, -0.05) is 37.5 Å². The van der Waals surface area contributed by atoms with E-state index in [0.29, 0.717) is 19.5 Å². The quantitative estimate of drug-likeness (QED) is 0.630. The predicted molar refractivity (Wildman–Crippen MR) is 129 cm³/mol. The van der Waals surface area contributed by atoms with Crippen molar-refractivity contribution in [1.29, 1.82) is 0 Å². The third-order valence-corrected chi connectivity index (χ3v) is 8.98. The molecule has 8 nitrogen and oxygen atoms in total. The summed E-state index contributed by atoms with van der Waals surface area (Å²) in [5, 5.41) is 5.79. The number of para-hydroxylation sites is 1. The van der Waals surface area contributed by atoms with Crippen LogP contribution in [0.4, 0.5) is 10.5 Å². The minimum absolute atomic E-state index is 0.0460. The molecule has 2 atom stereocenters. The van der Waals surface area contributed by atoms with Gasteiger partial charge in [-0.3, -0.25) is 9.69 Å². The standard InChI is InChI=1S/C24H36N4O4S/c29-23(28(20-10-4-5-11-20)22-13-15-33(31,32)18-22)17-27-14-7-6-12-21(27)16-25-24(30)26-19-8-2-1-3-9-19/h1-3,8-9,20-22H,4-7,10-18H2,(H2,25,26,30). The minimum Gasteiger partial charge on any atom is -0.336 e. The average molecular weight is 477 g/mol. The fraction of sp³-hybridized carbons (Fsp3) is 0.667. The van der Waals surface area contributed by atoms with Crippen LogP contribution in [0.15, 0.2) is 30.3 Å². The zero-order valence-corrected chi connectivity index (χ0v) is 20.1. The van der Waals surface area contributed by atoms with E-state index in [1.807, 2.05) is 35.2 Å². The maximum atomic E-state index is 13.5. The molecule has 1 aliphatic carbocycles. The van der Waals surface area contributed by atoms with Gasteiger partial charge in [-0.15, -0.1) is 0 Å². The van der Waals surface area contributed by atoms with Gasteiger partial charge in [-0.05, 0) is 50.8 Å². The molecule has 33 heavy (non-hydrogen) atoms. The van der Waals surface area contributed by atoms with Crippen molar-refractivity contribution < 1.29 is 18.0 Å². The molecular weight excluding hydrogens is 440 g/mol. The first kappa shape index (κ1) is 24.0. The van der Waals surface area contributed by atoms with E-state index in [0.717, 1.165) is 57.2 Å². The van der Waals surface area contributed by atoms with Gasteiger partial charge in [0.2, 0.25) is 5.91 Å². The van der Waals surface area contributed by atoms with Crippen LogP contribution in [-0.4, -0.2) is 79.4 Å². The zero-order chi connectivity index (χ0) is 23.3. The Hall–Kier alpha value is -2.13. The molecule has 0 aromatic heterocycles. The van der Waals surface area contributed by atoms with Gasteiger partial charge in [0.1, 0.15) is 0 Å². The number of carbonyl (C=O) groups is 2. The highest BCUT2D eigenvalue weighted by atomic mass is 32.2. The van der Waals surface area contributed by atoms with Gasteiger partial charge in [0.05, 0.1) is 18.1 Å². The summed E-state index contributed by atoms with van der Waals surface area (Å²) < 4.78 is 24.2. The lowest BCUT2D eigenvalue weighted by atomic mass is 10.0. The van der Waals surface area contributed by atoms with Gasteiger partial charge in [0.25, 0.3) is 0 Å².